The molecule has 3 aromatic rings. The lowest BCUT2D eigenvalue weighted by Gasteiger charge is -2.37. The van der Waals surface area contributed by atoms with Crippen LogP contribution < -0.4 is 5.32 Å². The highest BCUT2D eigenvalue weighted by molar-refractivity contribution is 6.30. The minimum absolute atomic E-state index is 0.144. The first kappa shape index (κ1) is 28.5. The molecule has 1 aliphatic carbocycles. The van der Waals surface area contributed by atoms with Crippen molar-refractivity contribution in [2.24, 2.45) is 0 Å². The Kier molecular flexibility index (Phi) is 7.08. The monoisotopic (exact) mass is 605 g/mol. The third kappa shape index (κ3) is 5.14. The van der Waals surface area contributed by atoms with Crippen molar-refractivity contribution in [3.05, 3.63) is 70.9 Å². The van der Waals surface area contributed by atoms with Crippen LogP contribution in [0.4, 0.5) is 0 Å². The van der Waals surface area contributed by atoms with Gasteiger partial charge in [-0.25, -0.2) is 4.68 Å². The van der Waals surface area contributed by atoms with Crippen LogP contribution in [-0.2, 0) is 25.5 Å². The van der Waals surface area contributed by atoms with E-state index in [2.05, 4.69) is 15.6 Å². The molecule has 4 aliphatic rings. The number of hydrogen-bond acceptors (Lipinski definition) is 7. The minimum Gasteiger partial charge on any atom is -0.350 e. The van der Waals surface area contributed by atoms with Crippen molar-refractivity contribution < 1.29 is 23.8 Å². The van der Waals surface area contributed by atoms with Crippen LogP contribution in [0.2, 0.25) is 5.02 Å². The standard InChI is InChI=1S/C32H36ClN5O5/c1-31(2,3)34-28(39)25-26-24(27-30(41-26)43-32(42-27)16-8-5-9-17-32)38-23(22(35-36-38)20-10-6-4-7-11-20)29(40)37(25)18-19-12-14-21(33)15-13-19/h4,6-7,10-15,24-27,30H,5,8-9,16-18H2,1-3H3,(H,34,39)/t24-,25+,26-,27+,30+/m0/s1. The number of nitrogens with zero attached hydrogens (tertiary/aromatic N) is 4. The zero-order chi connectivity index (χ0) is 29.9. The maximum Gasteiger partial charge on any atom is 0.275 e. The van der Waals surface area contributed by atoms with Crippen LogP contribution in [0.3, 0.4) is 0 Å². The van der Waals surface area contributed by atoms with Gasteiger partial charge >= 0.3 is 0 Å². The summed E-state index contributed by atoms with van der Waals surface area (Å²) in [6.45, 7) is 5.88. The molecule has 0 bridgehead atoms. The minimum atomic E-state index is -1.00. The maximum absolute atomic E-state index is 14.8. The lowest BCUT2D eigenvalue weighted by molar-refractivity contribution is -0.244. The molecule has 0 radical (unpaired) electrons. The molecule has 1 spiro atoms. The van der Waals surface area contributed by atoms with E-state index in [0.717, 1.165) is 43.2 Å². The number of benzene rings is 2. The Balaban J connectivity index is 1.38. The number of halogens is 1. The number of nitrogens with one attached hydrogen (secondary N) is 1. The number of aromatic nitrogens is 3. The highest BCUT2D eigenvalue weighted by Crippen LogP contribution is 2.51. The molecule has 3 fully saturated rings. The molecular weight excluding hydrogens is 570 g/mol. The van der Waals surface area contributed by atoms with E-state index in [0.29, 0.717) is 16.4 Å². The number of carbonyl (C=O) groups is 2. The summed E-state index contributed by atoms with van der Waals surface area (Å²) in [6, 6.07) is 15.1. The van der Waals surface area contributed by atoms with Crippen molar-refractivity contribution in [2.45, 2.75) is 101 Å². The molecule has 1 aromatic heterocycles. The first-order valence-electron chi connectivity index (χ1n) is 15.0. The van der Waals surface area contributed by atoms with Gasteiger partial charge in [-0.15, -0.1) is 5.10 Å². The topological polar surface area (TPSA) is 108 Å². The van der Waals surface area contributed by atoms with Crippen LogP contribution in [0.25, 0.3) is 11.3 Å². The maximum atomic E-state index is 14.8. The number of amides is 2. The summed E-state index contributed by atoms with van der Waals surface area (Å²) in [7, 11) is 0. The van der Waals surface area contributed by atoms with Crippen molar-refractivity contribution >= 4 is 23.4 Å². The molecule has 0 unspecified atom stereocenters. The highest BCUT2D eigenvalue weighted by atomic mass is 35.5. The van der Waals surface area contributed by atoms with E-state index < -0.39 is 41.9 Å². The molecule has 1 N–H and O–H groups in total. The highest BCUT2D eigenvalue weighted by Gasteiger charge is 2.64. The van der Waals surface area contributed by atoms with Gasteiger partial charge in [-0.05, 0) is 51.3 Å². The zero-order valence-corrected chi connectivity index (χ0v) is 25.3. The number of carbonyl (C=O) groups excluding carboxylic acids is 2. The summed E-state index contributed by atoms with van der Waals surface area (Å²) in [5.74, 6) is -1.42. The fourth-order valence-corrected chi connectivity index (χ4v) is 6.98. The molecule has 10 nitrogen and oxygen atoms in total. The second-order valence-electron chi connectivity index (χ2n) is 13.0. The first-order chi connectivity index (χ1) is 20.6. The number of hydrogen-bond donors (Lipinski definition) is 1. The first-order valence-corrected chi connectivity index (χ1v) is 15.4. The van der Waals surface area contributed by atoms with Crippen molar-refractivity contribution in [1.82, 2.24) is 25.2 Å². The van der Waals surface area contributed by atoms with Gasteiger partial charge in [0.25, 0.3) is 5.91 Å². The Morgan fingerprint density at radius 1 is 1.02 bits per heavy atom. The van der Waals surface area contributed by atoms with E-state index in [9.17, 15) is 9.59 Å². The van der Waals surface area contributed by atoms with Gasteiger partial charge in [0.2, 0.25) is 5.91 Å². The fraction of sp³-hybridized carbons (Fsp3) is 0.500. The summed E-state index contributed by atoms with van der Waals surface area (Å²) in [5.41, 5.74) is 1.75. The number of fused-ring (bicyclic) bond motifs is 5. The van der Waals surface area contributed by atoms with Gasteiger partial charge < -0.3 is 24.4 Å². The molecule has 43 heavy (non-hydrogen) atoms. The quantitative estimate of drug-likeness (QED) is 0.452. The van der Waals surface area contributed by atoms with Crippen molar-refractivity contribution in [3.8, 4) is 11.3 Å². The second kappa shape index (κ2) is 10.7. The summed E-state index contributed by atoms with van der Waals surface area (Å²) >= 11 is 6.18. The summed E-state index contributed by atoms with van der Waals surface area (Å²) in [4.78, 5) is 30.6. The molecular formula is C32H36ClN5O5. The fourth-order valence-electron chi connectivity index (χ4n) is 6.86. The van der Waals surface area contributed by atoms with Crippen molar-refractivity contribution in [3.63, 3.8) is 0 Å². The summed E-state index contributed by atoms with van der Waals surface area (Å²) in [6.07, 6.45) is 2.61. The molecule has 5 atom stereocenters. The van der Waals surface area contributed by atoms with Gasteiger partial charge in [-0.1, -0.05) is 65.7 Å². The van der Waals surface area contributed by atoms with E-state index >= 15 is 0 Å². The zero-order valence-electron chi connectivity index (χ0n) is 24.5. The smallest absolute Gasteiger partial charge is 0.275 e. The van der Waals surface area contributed by atoms with E-state index in [-0.39, 0.29) is 18.4 Å². The molecule has 226 valence electrons. The average molecular weight is 606 g/mol. The van der Waals surface area contributed by atoms with Crippen LogP contribution in [0.1, 0.15) is 75.0 Å². The molecule has 3 aliphatic heterocycles. The Hall–Kier alpha value is -3.31. The molecule has 7 rings (SSSR count). The van der Waals surface area contributed by atoms with Gasteiger partial charge in [0.1, 0.15) is 30.0 Å². The molecule has 2 saturated heterocycles. The second-order valence-corrected chi connectivity index (χ2v) is 13.4. The van der Waals surface area contributed by atoms with E-state index in [1.165, 1.54) is 0 Å². The van der Waals surface area contributed by atoms with Crippen LogP contribution >= 0.6 is 11.6 Å². The molecule has 2 amide bonds. The molecule has 11 heteroatoms. The predicted octanol–water partition coefficient (Wildman–Crippen LogP) is 4.88. The van der Waals surface area contributed by atoms with E-state index in [4.69, 9.17) is 25.8 Å². The van der Waals surface area contributed by atoms with Crippen LogP contribution in [0, 0.1) is 0 Å². The van der Waals surface area contributed by atoms with Gasteiger partial charge in [-0.3, -0.25) is 9.59 Å². The van der Waals surface area contributed by atoms with Gasteiger partial charge in [0, 0.05) is 35.5 Å². The Morgan fingerprint density at radius 2 is 1.74 bits per heavy atom. The van der Waals surface area contributed by atoms with Crippen molar-refractivity contribution in [2.75, 3.05) is 0 Å². The predicted molar refractivity (Wildman–Crippen MR) is 158 cm³/mol. The average Bonchev–Trinajstić information content (AvgIpc) is 3.62. The Labute approximate surface area is 255 Å². The van der Waals surface area contributed by atoms with E-state index in [1.807, 2.05) is 63.2 Å². The Bertz CT molecular complexity index is 1520. The third-order valence-corrected chi connectivity index (χ3v) is 8.95. The SMILES string of the molecule is CC(C)(C)NC(=O)[C@H]1[C@H]2O[C@@H]3OC4(CCCCC4)O[C@@H]3[C@H]2n2nnc(-c3ccccc3)c2C(=O)N1Cc1ccc(Cl)cc1. The summed E-state index contributed by atoms with van der Waals surface area (Å²) in [5, 5.41) is 12.8. The Morgan fingerprint density at radius 3 is 2.44 bits per heavy atom. The van der Waals surface area contributed by atoms with Gasteiger partial charge in [-0.2, -0.15) is 0 Å². The third-order valence-electron chi connectivity index (χ3n) is 8.70. The lowest BCUT2D eigenvalue weighted by Crippen LogP contribution is -2.58. The normalized spacial score (nSPS) is 27.9. The van der Waals surface area contributed by atoms with Crippen molar-refractivity contribution in [1.29, 1.82) is 0 Å². The molecule has 4 heterocycles. The lowest BCUT2D eigenvalue weighted by atomic mass is 9.94. The van der Waals surface area contributed by atoms with Crippen LogP contribution in [-0.4, -0.2) is 67.6 Å². The largest absolute Gasteiger partial charge is 0.350 e. The summed E-state index contributed by atoms with van der Waals surface area (Å²) < 4.78 is 21.5. The number of rotatable bonds is 4. The molecule has 1 saturated carbocycles. The van der Waals surface area contributed by atoms with E-state index in [1.54, 1.807) is 21.7 Å². The van der Waals surface area contributed by atoms with Gasteiger partial charge in [0.05, 0.1) is 0 Å². The number of ether oxygens (including phenoxy) is 3. The van der Waals surface area contributed by atoms with Gasteiger partial charge in [0.15, 0.2) is 17.8 Å². The molecule has 2 aromatic carbocycles. The van der Waals surface area contributed by atoms with Crippen LogP contribution in [0.5, 0.6) is 0 Å². The van der Waals surface area contributed by atoms with Crippen LogP contribution in [0.15, 0.2) is 54.6 Å².